The smallest absolute Gasteiger partial charge is 0.0622 e. The Kier molecular flexibility index (Phi) is 2.77. The molecule has 1 heteroatoms. The van der Waals surface area contributed by atoms with Crippen molar-refractivity contribution in [3.63, 3.8) is 0 Å². The highest BCUT2D eigenvalue weighted by Crippen LogP contribution is 2.37. The number of hydrogen-bond donors (Lipinski definition) is 0. The van der Waals surface area contributed by atoms with Gasteiger partial charge in [-0.15, -0.1) is 0 Å². The van der Waals surface area contributed by atoms with E-state index < -0.39 is 0 Å². The highest BCUT2D eigenvalue weighted by molar-refractivity contribution is 7.99. The Hall–Kier alpha value is -1.47. The summed E-state index contributed by atoms with van der Waals surface area (Å²) in [5.74, 6) is 0. The molecule has 2 aromatic carbocycles. The third kappa shape index (κ3) is 1.91. The highest BCUT2D eigenvalue weighted by Gasteiger charge is 2.32. The third-order valence-corrected chi connectivity index (χ3v) is 5.05. The van der Waals surface area contributed by atoms with Crippen LogP contribution < -0.4 is 0 Å². The second-order valence-corrected chi connectivity index (χ2v) is 6.29. The first kappa shape index (κ1) is 10.7. The Morgan fingerprint density at radius 3 is 2.41 bits per heavy atom. The fourth-order valence-corrected chi connectivity index (χ4v) is 4.10. The fourth-order valence-electron chi connectivity index (χ4n) is 2.38. The van der Waals surface area contributed by atoms with Crippen molar-refractivity contribution in [3.05, 3.63) is 76.7 Å². The summed E-state index contributed by atoms with van der Waals surface area (Å²) in [6.07, 6.45) is 4.59. The molecule has 2 atom stereocenters. The Morgan fingerprint density at radius 1 is 0.882 bits per heavy atom. The molecule has 84 valence electrons. The maximum Gasteiger partial charge on any atom is 0.173 e. The molecule has 0 amide bonds. The van der Waals surface area contributed by atoms with Crippen molar-refractivity contribution < 1.29 is 0 Å². The SMILES string of the molecule is C[S+]1C=Cc2ccccc2C1c1ccccc1. The van der Waals surface area contributed by atoms with Crippen molar-refractivity contribution in [2.24, 2.45) is 0 Å². The van der Waals surface area contributed by atoms with Gasteiger partial charge >= 0.3 is 0 Å². The summed E-state index contributed by atoms with van der Waals surface area (Å²) < 4.78 is 0. The topological polar surface area (TPSA) is 0 Å². The van der Waals surface area contributed by atoms with Crippen LogP contribution >= 0.6 is 0 Å². The molecule has 0 saturated carbocycles. The van der Waals surface area contributed by atoms with Gasteiger partial charge in [0.2, 0.25) is 0 Å². The largest absolute Gasteiger partial charge is 0.173 e. The molecule has 0 radical (unpaired) electrons. The van der Waals surface area contributed by atoms with Gasteiger partial charge in [0.25, 0.3) is 0 Å². The van der Waals surface area contributed by atoms with Gasteiger partial charge in [-0.25, -0.2) is 0 Å². The quantitative estimate of drug-likeness (QED) is 0.660. The molecule has 0 aromatic heterocycles. The highest BCUT2D eigenvalue weighted by atomic mass is 32.2. The summed E-state index contributed by atoms with van der Waals surface area (Å²) in [4.78, 5) is 0. The standard InChI is InChI=1S/C16H15S/c1-17-12-11-13-7-5-6-10-15(13)16(17)14-8-3-2-4-9-14/h2-12,16H,1H3/q+1. The van der Waals surface area contributed by atoms with Crippen molar-refractivity contribution >= 4 is 17.0 Å². The number of fused-ring (bicyclic) bond motifs is 1. The molecule has 1 heterocycles. The van der Waals surface area contributed by atoms with Crippen LogP contribution in [0.3, 0.4) is 0 Å². The van der Waals surface area contributed by atoms with E-state index in [0.29, 0.717) is 5.25 Å². The number of hydrogen-bond acceptors (Lipinski definition) is 0. The van der Waals surface area contributed by atoms with E-state index in [9.17, 15) is 0 Å². The van der Waals surface area contributed by atoms with E-state index in [4.69, 9.17) is 0 Å². The van der Waals surface area contributed by atoms with Crippen molar-refractivity contribution in [1.82, 2.24) is 0 Å². The predicted molar refractivity (Wildman–Crippen MR) is 77.1 cm³/mol. The van der Waals surface area contributed by atoms with E-state index in [1.807, 2.05) is 0 Å². The van der Waals surface area contributed by atoms with E-state index in [1.165, 1.54) is 16.7 Å². The van der Waals surface area contributed by atoms with E-state index in [-0.39, 0.29) is 10.9 Å². The van der Waals surface area contributed by atoms with Gasteiger partial charge in [-0.05, 0) is 11.6 Å². The lowest BCUT2D eigenvalue weighted by molar-refractivity contribution is 1.14. The Balaban J connectivity index is 2.13. The zero-order chi connectivity index (χ0) is 11.7. The monoisotopic (exact) mass is 239 g/mol. The molecule has 1 aliphatic rings. The molecule has 1 aliphatic heterocycles. The van der Waals surface area contributed by atoms with Crippen LogP contribution in [-0.2, 0) is 10.9 Å². The summed E-state index contributed by atoms with van der Waals surface area (Å²) in [5.41, 5.74) is 4.26. The van der Waals surface area contributed by atoms with E-state index in [2.05, 4.69) is 72.3 Å². The van der Waals surface area contributed by atoms with Crippen LogP contribution in [0.5, 0.6) is 0 Å². The lowest BCUT2D eigenvalue weighted by atomic mass is 9.99. The number of rotatable bonds is 1. The molecule has 0 spiro atoms. The second-order valence-electron chi connectivity index (χ2n) is 4.33. The minimum atomic E-state index is 0.279. The summed E-state index contributed by atoms with van der Waals surface area (Å²) >= 11 is 0. The average molecular weight is 239 g/mol. The molecule has 2 aromatic rings. The van der Waals surface area contributed by atoms with Gasteiger partial charge in [0, 0.05) is 22.0 Å². The molecule has 0 aliphatic carbocycles. The van der Waals surface area contributed by atoms with Crippen molar-refractivity contribution in [3.8, 4) is 0 Å². The van der Waals surface area contributed by atoms with Crippen LogP contribution in [0.2, 0.25) is 0 Å². The predicted octanol–water partition coefficient (Wildman–Crippen LogP) is 4.01. The van der Waals surface area contributed by atoms with Gasteiger partial charge in [0.15, 0.2) is 5.25 Å². The van der Waals surface area contributed by atoms with Gasteiger partial charge in [-0.3, -0.25) is 0 Å². The third-order valence-electron chi connectivity index (χ3n) is 3.21. The molecule has 0 saturated heterocycles. The molecular weight excluding hydrogens is 224 g/mol. The molecule has 0 nitrogen and oxygen atoms in total. The van der Waals surface area contributed by atoms with Crippen LogP contribution in [-0.4, -0.2) is 6.26 Å². The summed E-state index contributed by atoms with van der Waals surface area (Å²) in [5, 5.41) is 2.87. The minimum absolute atomic E-state index is 0.279. The van der Waals surface area contributed by atoms with Crippen molar-refractivity contribution in [2.45, 2.75) is 5.25 Å². The first-order valence-corrected chi connectivity index (χ1v) is 7.58. The molecule has 3 rings (SSSR count). The average Bonchev–Trinajstić information content (AvgIpc) is 2.39. The lowest BCUT2D eigenvalue weighted by Crippen LogP contribution is -2.15. The van der Waals surface area contributed by atoms with Crippen molar-refractivity contribution in [2.75, 3.05) is 6.26 Å². The van der Waals surface area contributed by atoms with E-state index in [1.54, 1.807) is 0 Å². The molecule has 2 unspecified atom stereocenters. The summed E-state index contributed by atoms with van der Waals surface area (Å²) in [6.45, 7) is 0. The maximum atomic E-state index is 2.35. The van der Waals surface area contributed by atoms with Crippen LogP contribution in [0.25, 0.3) is 6.08 Å². The normalized spacial score (nSPS) is 22.2. The second kappa shape index (κ2) is 4.42. The first-order chi connectivity index (χ1) is 8.36. The van der Waals surface area contributed by atoms with Crippen LogP contribution in [0.1, 0.15) is 21.9 Å². The molecule has 0 fully saturated rings. The molecule has 0 bridgehead atoms. The summed E-state index contributed by atoms with van der Waals surface area (Å²) in [7, 11) is 0.279. The maximum absolute atomic E-state index is 2.35. The first-order valence-electron chi connectivity index (χ1n) is 5.82. The Labute approximate surface area is 105 Å². The zero-order valence-electron chi connectivity index (χ0n) is 9.84. The van der Waals surface area contributed by atoms with Crippen LogP contribution in [0.4, 0.5) is 0 Å². The van der Waals surface area contributed by atoms with Crippen LogP contribution in [0.15, 0.2) is 60.0 Å². The lowest BCUT2D eigenvalue weighted by Gasteiger charge is -2.20. The van der Waals surface area contributed by atoms with Gasteiger partial charge in [-0.2, -0.15) is 0 Å². The van der Waals surface area contributed by atoms with E-state index >= 15 is 0 Å². The molecule has 17 heavy (non-hydrogen) atoms. The molecular formula is C16H15S+. The molecule has 0 N–H and O–H groups in total. The summed E-state index contributed by atoms with van der Waals surface area (Å²) in [6, 6.07) is 19.6. The van der Waals surface area contributed by atoms with Gasteiger partial charge in [-0.1, -0.05) is 54.6 Å². The zero-order valence-corrected chi connectivity index (χ0v) is 10.7. The fraction of sp³-hybridized carbons (Fsp3) is 0.125. The van der Waals surface area contributed by atoms with Crippen LogP contribution in [0, 0.1) is 0 Å². The van der Waals surface area contributed by atoms with Gasteiger partial charge in [0.1, 0.15) is 11.7 Å². The van der Waals surface area contributed by atoms with Crippen molar-refractivity contribution in [1.29, 1.82) is 0 Å². The Morgan fingerprint density at radius 2 is 1.59 bits per heavy atom. The Bertz CT molecular complexity index is 542. The van der Waals surface area contributed by atoms with Gasteiger partial charge in [0.05, 0.1) is 0 Å². The number of benzene rings is 2. The van der Waals surface area contributed by atoms with Gasteiger partial charge < -0.3 is 0 Å². The van der Waals surface area contributed by atoms with E-state index in [0.717, 1.165) is 0 Å². The minimum Gasteiger partial charge on any atom is -0.0622 e.